The first-order valence-corrected chi connectivity index (χ1v) is 6.41. The summed E-state index contributed by atoms with van der Waals surface area (Å²) in [6.07, 6.45) is 1.17. The minimum Gasteiger partial charge on any atom is -0.314 e. The van der Waals surface area contributed by atoms with E-state index in [4.69, 9.17) is 11.6 Å². The molecule has 1 aliphatic heterocycles. The van der Waals surface area contributed by atoms with Gasteiger partial charge in [-0.2, -0.15) is 0 Å². The summed E-state index contributed by atoms with van der Waals surface area (Å²) in [5.74, 6) is 0. The summed E-state index contributed by atoms with van der Waals surface area (Å²) in [6, 6.07) is 0.660. The zero-order valence-electron chi connectivity index (χ0n) is 8.74. The van der Waals surface area contributed by atoms with Crippen molar-refractivity contribution in [3.05, 3.63) is 9.47 Å². The molecule has 6 heteroatoms. The molecule has 0 radical (unpaired) electrons. The summed E-state index contributed by atoms with van der Waals surface area (Å²) < 4.78 is 0.535. The van der Waals surface area contributed by atoms with Crippen molar-refractivity contribution in [1.29, 1.82) is 0 Å². The maximum Gasteiger partial charge on any atom is 0.207 e. The lowest BCUT2D eigenvalue weighted by molar-refractivity contribution is 0.137. The van der Waals surface area contributed by atoms with Crippen LogP contribution in [-0.2, 0) is 6.54 Å². The molecule has 0 atom stereocenters. The third kappa shape index (κ3) is 2.87. The molecule has 1 aliphatic rings. The summed E-state index contributed by atoms with van der Waals surface area (Å²) in [6.45, 7) is 6.37. The van der Waals surface area contributed by atoms with E-state index in [1.165, 1.54) is 17.8 Å². The molecule has 1 aromatic heterocycles. The second kappa shape index (κ2) is 5.21. The van der Waals surface area contributed by atoms with Gasteiger partial charge in [-0.05, 0) is 24.6 Å². The first-order chi connectivity index (χ1) is 7.29. The highest BCUT2D eigenvalue weighted by Gasteiger charge is 2.24. The normalized spacial score (nSPS) is 17.0. The number of nitrogens with zero attached hydrogens (tertiary/aromatic N) is 3. The summed E-state index contributed by atoms with van der Waals surface area (Å²) >= 11 is 7.24. The maximum atomic E-state index is 5.76. The van der Waals surface area contributed by atoms with Gasteiger partial charge in [-0.15, -0.1) is 10.2 Å². The zero-order chi connectivity index (χ0) is 10.7. The fraction of sp³-hybridized carbons (Fsp3) is 0.778. The van der Waals surface area contributed by atoms with Crippen molar-refractivity contribution >= 4 is 22.9 Å². The Morgan fingerprint density at radius 3 is 2.80 bits per heavy atom. The van der Waals surface area contributed by atoms with Crippen LogP contribution in [0.15, 0.2) is 0 Å². The molecule has 1 saturated heterocycles. The molecule has 1 fully saturated rings. The van der Waals surface area contributed by atoms with Crippen molar-refractivity contribution in [1.82, 2.24) is 20.4 Å². The van der Waals surface area contributed by atoms with Crippen LogP contribution >= 0.6 is 22.9 Å². The molecular weight excluding hydrogens is 232 g/mol. The molecule has 2 heterocycles. The maximum absolute atomic E-state index is 5.76. The molecule has 84 valence electrons. The number of halogens is 1. The highest BCUT2D eigenvalue weighted by molar-refractivity contribution is 7.15. The smallest absolute Gasteiger partial charge is 0.207 e. The van der Waals surface area contributed by atoms with Gasteiger partial charge in [0.25, 0.3) is 0 Å². The van der Waals surface area contributed by atoms with Crippen molar-refractivity contribution in [2.75, 3.05) is 19.6 Å². The van der Waals surface area contributed by atoms with Crippen LogP contribution in [0.1, 0.15) is 18.4 Å². The molecule has 0 bridgehead atoms. The number of aromatic nitrogens is 2. The molecule has 0 spiro atoms. The van der Waals surface area contributed by atoms with E-state index in [0.717, 1.165) is 31.2 Å². The highest BCUT2D eigenvalue weighted by atomic mass is 35.5. The van der Waals surface area contributed by atoms with Crippen molar-refractivity contribution in [3.63, 3.8) is 0 Å². The number of hydrogen-bond donors (Lipinski definition) is 1. The number of rotatable bonds is 5. The minimum absolute atomic E-state index is 0.535. The molecule has 0 aliphatic carbocycles. The Morgan fingerprint density at radius 2 is 2.33 bits per heavy atom. The monoisotopic (exact) mass is 246 g/mol. The Morgan fingerprint density at radius 1 is 1.53 bits per heavy atom. The zero-order valence-corrected chi connectivity index (χ0v) is 10.3. The van der Waals surface area contributed by atoms with Crippen molar-refractivity contribution < 1.29 is 0 Å². The summed E-state index contributed by atoms with van der Waals surface area (Å²) in [7, 11) is 0. The topological polar surface area (TPSA) is 41.1 Å². The lowest BCUT2D eigenvalue weighted by atomic mass is 10.1. The van der Waals surface area contributed by atoms with Crippen molar-refractivity contribution in [2.24, 2.45) is 0 Å². The Bertz CT molecular complexity index is 313. The third-order valence-electron chi connectivity index (χ3n) is 2.57. The van der Waals surface area contributed by atoms with Crippen LogP contribution < -0.4 is 5.32 Å². The van der Waals surface area contributed by atoms with Crippen LogP contribution in [0.4, 0.5) is 0 Å². The largest absolute Gasteiger partial charge is 0.314 e. The predicted octanol–water partition coefficient (Wildman–Crippen LogP) is 1.38. The van der Waals surface area contributed by atoms with Gasteiger partial charge >= 0.3 is 0 Å². The van der Waals surface area contributed by atoms with E-state index < -0.39 is 0 Å². The molecule has 0 aromatic carbocycles. The summed E-state index contributed by atoms with van der Waals surface area (Å²) in [5.41, 5.74) is 0. The van der Waals surface area contributed by atoms with E-state index in [9.17, 15) is 0 Å². The summed E-state index contributed by atoms with van der Waals surface area (Å²) in [5, 5.41) is 12.2. The van der Waals surface area contributed by atoms with Gasteiger partial charge in [0, 0.05) is 19.1 Å². The first-order valence-electron chi connectivity index (χ1n) is 5.22. The van der Waals surface area contributed by atoms with Gasteiger partial charge in [0.15, 0.2) is 0 Å². The third-order valence-corrected chi connectivity index (χ3v) is 3.57. The second-order valence-electron chi connectivity index (χ2n) is 3.73. The highest BCUT2D eigenvalue weighted by Crippen LogP contribution is 2.18. The molecular formula is C9H15ClN4S. The van der Waals surface area contributed by atoms with Gasteiger partial charge in [0.05, 0.1) is 6.54 Å². The average molecular weight is 247 g/mol. The van der Waals surface area contributed by atoms with Gasteiger partial charge in [-0.3, -0.25) is 4.90 Å². The minimum atomic E-state index is 0.535. The van der Waals surface area contributed by atoms with Gasteiger partial charge in [-0.25, -0.2) is 0 Å². The Kier molecular flexibility index (Phi) is 3.91. The van der Waals surface area contributed by atoms with E-state index in [-0.39, 0.29) is 0 Å². The van der Waals surface area contributed by atoms with Gasteiger partial charge in [0.2, 0.25) is 4.47 Å². The van der Waals surface area contributed by atoms with Crippen LogP contribution in [-0.4, -0.2) is 40.8 Å². The Balaban J connectivity index is 1.93. The molecule has 0 saturated carbocycles. The molecule has 2 rings (SSSR count). The second-order valence-corrected chi connectivity index (χ2v) is 5.38. The van der Waals surface area contributed by atoms with Crippen LogP contribution in [0.2, 0.25) is 4.47 Å². The SMILES string of the molecule is CCCN(Cc1nnc(Cl)s1)C1CNC1. The predicted molar refractivity (Wildman–Crippen MR) is 62.3 cm³/mol. The molecule has 4 nitrogen and oxygen atoms in total. The molecule has 0 unspecified atom stereocenters. The Hall–Kier alpha value is -0.230. The number of nitrogens with one attached hydrogen (secondary N) is 1. The van der Waals surface area contributed by atoms with Crippen molar-refractivity contribution in [2.45, 2.75) is 25.9 Å². The van der Waals surface area contributed by atoms with Crippen LogP contribution in [0.5, 0.6) is 0 Å². The van der Waals surface area contributed by atoms with E-state index in [1.54, 1.807) is 0 Å². The standard InChI is InChI=1S/C9H15ClN4S/c1-2-3-14(7-4-11-5-7)6-8-12-13-9(10)15-8/h7,11H,2-6H2,1H3. The Labute approximate surface area is 98.6 Å². The van der Waals surface area contributed by atoms with Gasteiger partial charge in [0.1, 0.15) is 5.01 Å². The van der Waals surface area contributed by atoms with E-state index >= 15 is 0 Å². The number of hydrogen-bond acceptors (Lipinski definition) is 5. The molecule has 0 amide bonds. The lowest BCUT2D eigenvalue weighted by Crippen LogP contribution is -2.56. The van der Waals surface area contributed by atoms with Gasteiger partial charge < -0.3 is 5.32 Å². The fourth-order valence-electron chi connectivity index (χ4n) is 1.68. The van der Waals surface area contributed by atoms with E-state index in [1.807, 2.05) is 0 Å². The van der Waals surface area contributed by atoms with Gasteiger partial charge in [-0.1, -0.05) is 18.3 Å². The lowest BCUT2D eigenvalue weighted by Gasteiger charge is -2.37. The van der Waals surface area contributed by atoms with Crippen LogP contribution in [0.25, 0.3) is 0 Å². The van der Waals surface area contributed by atoms with Crippen molar-refractivity contribution in [3.8, 4) is 0 Å². The molecule has 1 N–H and O–H groups in total. The molecule has 15 heavy (non-hydrogen) atoms. The quantitative estimate of drug-likeness (QED) is 0.852. The van der Waals surface area contributed by atoms with E-state index in [0.29, 0.717) is 10.5 Å². The summed E-state index contributed by atoms with van der Waals surface area (Å²) in [4.78, 5) is 2.45. The van der Waals surface area contributed by atoms with Crippen LogP contribution in [0, 0.1) is 0 Å². The van der Waals surface area contributed by atoms with E-state index in [2.05, 4.69) is 27.3 Å². The van der Waals surface area contributed by atoms with Crippen LogP contribution in [0.3, 0.4) is 0 Å². The first kappa shape index (κ1) is 11.3. The average Bonchev–Trinajstić information content (AvgIpc) is 2.48. The fourth-order valence-corrected chi connectivity index (χ4v) is 2.57. The molecule has 1 aromatic rings.